The van der Waals surface area contributed by atoms with Crippen LogP contribution in [0.3, 0.4) is 0 Å². The number of rotatable bonds is 14. The van der Waals surface area contributed by atoms with Gasteiger partial charge in [-0.3, -0.25) is 9.59 Å². The molecule has 8 heteroatoms. The van der Waals surface area contributed by atoms with Crippen LogP contribution < -0.4 is 10.0 Å². The van der Waals surface area contributed by atoms with E-state index in [2.05, 4.69) is 10.0 Å². The number of benzene rings is 4. The van der Waals surface area contributed by atoms with Crippen molar-refractivity contribution in [3.63, 3.8) is 0 Å². The normalized spacial score (nSPS) is 11.9. The van der Waals surface area contributed by atoms with Crippen LogP contribution in [0.25, 0.3) is 0 Å². The first-order valence-corrected chi connectivity index (χ1v) is 15.6. The van der Waals surface area contributed by atoms with E-state index in [0.29, 0.717) is 25.9 Å². The molecule has 2 amide bonds. The third-order valence-electron chi connectivity index (χ3n) is 6.97. The second-order valence-electron chi connectivity index (χ2n) is 10.1. The van der Waals surface area contributed by atoms with Gasteiger partial charge in [-0.15, -0.1) is 0 Å². The van der Waals surface area contributed by atoms with E-state index in [1.807, 2.05) is 91.0 Å². The first-order chi connectivity index (χ1) is 20.4. The third kappa shape index (κ3) is 8.86. The van der Waals surface area contributed by atoms with Crippen LogP contribution in [0.4, 0.5) is 0 Å². The van der Waals surface area contributed by atoms with Crippen LogP contribution in [0.5, 0.6) is 0 Å². The Hall–Kier alpha value is -4.27. The van der Waals surface area contributed by atoms with Gasteiger partial charge in [0.25, 0.3) is 0 Å². The van der Waals surface area contributed by atoms with E-state index in [1.54, 1.807) is 36.1 Å². The summed E-state index contributed by atoms with van der Waals surface area (Å²) in [5.74, 6) is -0.371. The summed E-state index contributed by atoms with van der Waals surface area (Å²) < 4.78 is 27.1. The van der Waals surface area contributed by atoms with Crippen molar-refractivity contribution < 1.29 is 18.0 Å². The molecule has 0 aromatic heterocycles. The van der Waals surface area contributed by atoms with Crippen molar-refractivity contribution in [2.45, 2.75) is 50.2 Å². The molecule has 1 atom stereocenters. The Bertz CT molecular complexity index is 1530. The Balaban J connectivity index is 1.56. The second kappa shape index (κ2) is 15.1. The first kappa shape index (κ1) is 30.7. The largest absolute Gasteiger partial charge is 0.350 e. The smallest absolute Gasteiger partial charge is 0.243 e. The molecule has 0 spiro atoms. The molecule has 0 heterocycles. The molecule has 0 aliphatic carbocycles. The van der Waals surface area contributed by atoms with Crippen molar-refractivity contribution in [1.29, 1.82) is 0 Å². The average molecular weight is 584 g/mol. The topological polar surface area (TPSA) is 95.6 Å². The van der Waals surface area contributed by atoms with E-state index in [1.165, 1.54) is 0 Å². The van der Waals surface area contributed by atoms with Crippen LogP contribution >= 0.6 is 0 Å². The summed E-state index contributed by atoms with van der Waals surface area (Å²) in [7, 11) is -3.55. The molecule has 4 rings (SSSR count). The number of nitrogens with one attached hydrogen (secondary N) is 2. The van der Waals surface area contributed by atoms with Gasteiger partial charge in [0.1, 0.15) is 6.04 Å². The lowest BCUT2D eigenvalue weighted by molar-refractivity contribution is -0.141. The van der Waals surface area contributed by atoms with E-state index in [0.717, 1.165) is 22.3 Å². The maximum Gasteiger partial charge on any atom is 0.243 e. The fourth-order valence-electron chi connectivity index (χ4n) is 4.74. The van der Waals surface area contributed by atoms with E-state index in [4.69, 9.17) is 0 Å². The Morgan fingerprint density at radius 2 is 1.26 bits per heavy atom. The number of carbonyl (C=O) groups excluding carboxylic acids is 2. The molecule has 0 saturated heterocycles. The molecule has 4 aromatic carbocycles. The van der Waals surface area contributed by atoms with Crippen LogP contribution in [0, 0.1) is 0 Å². The third-order valence-corrected chi connectivity index (χ3v) is 8.53. The predicted octanol–water partition coefficient (Wildman–Crippen LogP) is 4.87. The summed E-state index contributed by atoms with van der Waals surface area (Å²) in [4.78, 5) is 29.5. The molecule has 0 aliphatic heterocycles. The van der Waals surface area contributed by atoms with Gasteiger partial charge in [0.05, 0.1) is 4.90 Å². The zero-order chi connectivity index (χ0) is 29.8. The SMILES string of the molecule is CCNS(=O)(=O)c1ccc(CCC(=O)N(Cc2ccccc2)[C@@H](Cc2ccccc2)C(=O)NCc2ccccc2)cc1. The maximum absolute atomic E-state index is 13.9. The first-order valence-electron chi connectivity index (χ1n) is 14.1. The number of carbonyl (C=O) groups is 2. The van der Waals surface area contributed by atoms with Crippen LogP contribution in [-0.4, -0.2) is 37.7 Å². The number of hydrogen-bond donors (Lipinski definition) is 2. The Morgan fingerprint density at radius 3 is 1.83 bits per heavy atom. The molecule has 0 bridgehead atoms. The van der Waals surface area contributed by atoms with Crippen molar-refractivity contribution in [3.8, 4) is 0 Å². The molecule has 218 valence electrons. The van der Waals surface area contributed by atoms with Gasteiger partial charge < -0.3 is 10.2 Å². The Kier molecular flexibility index (Phi) is 11.0. The summed E-state index contributed by atoms with van der Waals surface area (Å²) in [5, 5.41) is 3.05. The van der Waals surface area contributed by atoms with E-state index in [-0.39, 0.29) is 29.7 Å². The monoisotopic (exact) mass is 583 g/mol. The molecule has 42 heavy (non-hydrogen) atoms. The number of amides is 2. The molecule has 0 saturated carbocycles. The number of aryl methyl sites for hydroxylation is 1. The molecule has 0 fully saturated rings. The lowest BCUT2D eigenvalue weighted by Gasteiger charge is -2.31. The van der Waals surface area contributed by atoms with Gasteiger partial charge in [-0.1, -0.05) is 110 Å². The highest BCUT2D eigenvalue weighted by atomic mass is 32.2. The molecule has 7 nitrogen and oxygen atoms in total. The van der Waals surface area contributed by atoms with Crippen LogP contribution in [0.1, 0.15) is 35.6 Å². The molecule has 0 radical (unpaired) electrons. The zero-order valence-electron chi connectivity index (χ0n) is 23.8. The molecule has 0 unspecified atom stereocenters. The van der Waals surface area contributed by atoms with Crippen LogP contribution in [0.15, 0.2) is 120 Å². The lowest BCUT2D eigenvalue weighted by Crippen LogP contribution is -2.50. The molecular formula is C34H37N3O4S. The van der Waals surface area contributed by atoms with Crippen molar-refractivity contribution in [1.82, 2.24) is 14.9 Å². The minimum atomic E-state index is -3.55. The summed E-state index contributed by atoms with van der Waals surface area (Å²) in [6.07, 6.45) is 0.954. The maximum atomic E-state index is 13.9. The van der Waals surface area contributed by atoms with Crippen LogP contribution in [0.2, 0.25) is 0 Å². The van der Waals surface area contributed by atoms with Crippen molar-refractivity contribution in [2.75, 3.05) is 6.54 Å². The van der Waals surface area contributed by atoms with Gasteiger partial charge >= 0.3 is 0 Å². The van der Waals surface area contributed by atoms with Gasteiger partial charge in [-0.25, -0.2) is 13.1 Å². The summed E-state index contributed by atoms with van der Waals surface area (Å²) >= 11 is 0. The standard InChI is InChI=1S/C34H37N3O4S/c1-2-36-42(40,41)31-21-18-27(19-22-31)20-23-33(38)37(26-30-16-10-5-11-17-30)32(24-28-12-6-3-7-13-28)34(39)35-25-29-14-8-4-9-15-29/h3-19,21-22,32,36H,2,20,23-26H2,1H3,(H,35,39)/t32-/m0/s1. The van der Waals surface area contributed by atoms with Gasteiger partial charge in [0.2, 0.25) is 21.8 Å². The predicted molar refractivity (Wildman–Crippen MR) is 165 cm³/mol. The number of nitrogens with zero attached hydrogens (tertiary/aromatic N) is 1. The molecule has 2 N–H and O–H groups in total. The van der Waals surface area contributed by atoms with E-state index in [9.17, 15) is 18.0 Å². The fraction of sp³-hybridized carbons (Fsp3) is 0.235. The molecule has 0 aliphatic rings. The number of hydrogen-bond acceptors (Lipinski definition) is 4. The summed E-state index contributed by atoms with van der Waals surface area (Å²) in [6.45, 7) is 2.68. The highest BCUT2D eigenvalue weighted by molar-refractivity contribution is 7.89. The minimum Gasteiger partial charge on any atom is -0.350 e. The Labute approximate surface area is 248 Å². The van der Waals surface area contributed by atoms with Gasteiger partial charge in [-0.2, -0.15) is 0 Å². The highest BCUT2D eigenvalue weighted by Crippen LogP contribution is 2.18. The van der Waals surface area contributed by atoms with Crippen molar-refractivity contribution in [2.24, 2.45) is 0 Å². The van der Waals surface area contributed by atoms with Crippen molar-refractivity contribution in [3.05, 3.63) is 138 Å². The summed E-state index contributed by atoms with van der Waals surface area (Å²) in [6, 6.07) is 34.9. The lowest BCUT2D eigenvalue weighted by atomic mass is 10.0. The summed E-state index contributed by atoms with van der Waals surface area (Å²) in [5.41, 5.74) is 3.70. The molecule has 4 aromatic rings. The van der Waals surface area contributed by atoms with Crippen molar-refractivity contribution >= 4 is 21.8 Å². The van der Waals surface area contributed by atoms with Gasteiger partial charge in [0.15, 0.2) is 0 Å². The second-order valence-corrected chi connectivity index (χ2v) is 11.8. The van der Waals surface area contributed by atoms with Gasteiger partial charge in [0, 0.05) is 32.5 Å². The fourth-order valence-corrected chi connectivity index (χ4v) is 5.78. The minimum absolute atomic E-state index is 0.154. The highest BCUT2D eigenvalue weighted by Gasteiger charge is 2.30. The van der Waals surface area contributed by atoms with E-state index >= 15 is 0 Å². The quantitative estimate of drug-likeness (QED) is 0.221. The Morgan fingerprint density at radius 1 is 0.714 bits per heavy atom. The van der Waals surface area contributed by atoms with Crippen LogP contribution in [-0.2, 0) is 45.5 Å². The van der Waals surface area contributed by atoms with E-state index < -0.39 is 16.1 Å². The number of sulfonamides is 1. The molecular weight excluding hydrogens is 546 g/mol. The zero-order valence-corrected chi connectivity index (χ0v) is 24.6. The van der Waals surface area contributed by atoms with Gasteiger partial charge in [-0.05, 0) is 40.8 Å². The average Bonchev–Trinajstić information content (AvgIpc) is 3.02.